The molecule has 1 unspecified atom stereocenters. The molecule has 0 heterocycles. The number of esters is 1. The van der Waals surface area contributed by atoms with Crippen LogP contribution in [0.2, 0.25) is 0 Å². The van der Waals surface area contributed by atoms with E-state index in [-0.39, 0.29) is 37.1 Å². The molecule has 0 aliphatic rings. The zero-order chi connectivity index (χ0) is 28.2. The summed E-state index contributed by atoms with van der Waals surface area (Å²) in [6, 6.07) is 7.04. The van der Waals surface area contributed by atoms with Crippen molar-refractivity contribution in [3.8, 4) is 0 Å². The van der Waals surface area contributed by atoms with E-state index >= 15 is 0 Å². The minimum atomic E-state index is -0.870. The van der Waals surface area contributed by atoms with Gasteiger partial charge in [0.05, 0.1) is 12.2 Å². The number of hydrogen-bond donors (Lipinski definition) is 3. The van der Waals surface area contributed by atoms with Crippen LogP contribution in [0.1, 0.15) is 71.9 Å². The molecular formula is C29H41F2N3O4. The SMILES string of the molecule is CCCN(CCC)C(=O)c1cc(C)cc(C(=O)O[C@H](CNC(CC)CO)[C@@H](N)Cc2cc(F)cc(F)c2)c1. The number of aliphatic hydroxyl groups is 1. The van der Waals surface area contributed by atoms with Crippen LogP contribution in [-0.2, 0) is 11.2 Å². The molecule has 0 saturated heterocycles. The molecule has 38 heavy (non-hydrogen) atoms. The minimum Gasteiger partial charge on any atom is -0.456 e. The van der Waals surface area contributed by atoms with Gasteiger partial charge in [-0.25, -0.2) is 13.6 Å². The van der Waals surface area contributed by atoms with Gasteiger partial charge in [0.1, 0.15) is 17.7 Å². The second kappa shape index (κ2) is 15.5. The van der Waals surface area contributed by atoms with Gasteiger partial charge in [0.2, 0.25) is 0 Å². The van der Waals surface area contributed by atoms with Crippen molar-refractivity contribution in [3.05, 3.63) is 70.3 Å². The van der Waals surface area contributed by atoms with E-state index in [1.54, 1.807) is 24.0 Å². The molecule has 2 aromatic rings. The van der Waals surface area contributed by atoms with Gasteiger partial charge < -0.3 is 25.8 Å². The number of aliphatic hydroxyl groups excluding tert-OH is 1. The van der Waals surface area contributed by atoms with E-state index in [1.165, 1.54) is 18.2 Å². The normalized spacial score (nSPS) is 13.6. The first-order valence-electron chi connectivity index (χ1n) is 13.3. The average molecular weight is 534 g/mol. The van der Waals surface area contributed by atoms with Gasteiger partial charge in [-0.1, -0.05) is 20.8 Å². The number of carbonyl (C=O) groups excluding carboxylic acids is 2. The zero-order valence-corrected chi connectivity index (χ0v) is 22.8. The second-order valence-corrected chi connectivity index (χ2v) is 9.67. The van der Waals surface area contributed by atoms with Crippen molar-refractivity contribution in [3.63, 3.8) is 0 Å². The van der Waals surface area contributed by atoms with Crippen LogP contribution in [0.5, 0.6) is 0 Å². The third-order valence-electron chi connectivity index (χ3n) is 6.28. The number of nitrogens with zero attached hydrogens (tertiary/aromatic N) is 1. The summed E-state index contributed by atoms with van der Waals surface area (Å²) in [7, 11) is 0. The summed E-state index contributed by atoms with van der Waals surface area (Å²) < 4.78 is 33.2. The van der Waals surface area contributed by atoms with Crippen LogP contribution in [0.4, 0.5) is 8.78 Å². The van der Waals surface area contributed by atoms with Crippen molar-refractivity contribution in [2.45, 2.75) is 71.6 Å². The van der Waals surface area contributed by atoms with Crippen LogP contribution in [0.15, 0.2) is 36.4 Å². The van der Waals surface area contributed by atoms with Gasteiger partial charge in [0.15, 0.2) is 0 Å². The summed E-state index contributed by atoms with van der Waals surface area (Å²) >= 11 is 0. The number of nitrogens with one attached hydrogen (secondary N) is 1. The van der Waals surface area contributed by atoms with Crippen molar-refractivity contribution in [1.29, 1.82) is 0 Å². The zero-order valence-electron chi connectivity index (χ0n) is 22.8. The van der Waals surface area contributed by atoms with E-state index in [9.17, 15) is 23.5 Å². The number of carbonyl (C=O) groups is 2. The van der Waals surface area contributed by atoms with Crippen LogP contribution >= 0.6 is 0 Å². The molecule has 0 aromatic heterocycles. The number of benzene rings is 2. The molecule has 0 aliphatic carbocycles. The standard InChI is InChI=1S/C29H41F2N3O4/c1-5-8-34(9-6-2)28(36)21-10-19(4)11-22(15-21)29(37)38-27(17-33-25(7-3)18-35)26(32)14-20-12-23(30)16-24(31)13-20/h10-13,15-16,25-27,33,35H,5-9,14,17-18,32H2,1-4H3/t25?,26-,27+/m0/s1. The van der Waals surface area contributed by atoms with E-state index in [2.05, 4.69) is 5.32 Å². The summed E-state index contributed by atoms with van der Waals surface area (Å²) in [6.07, 6.45) is 1.47. The number of hydrogen-bond acceptors (Lipinski definition) is 6. The van der Waals surface area contributed by atoms with Gasteiger partial charge in [0.25, 0.3) is 5.91 Å². The maximum absolute atomic E-state index is 13.7. The van der Waals surface area contributed by atoms with Gasteiger partial charge in [-0.3, -0.25) is 4.79 Å². The summed E-state index contributed by atoms with van der Waals surface area (Å²) in [4.78, 5) is 28.2. The molecule has 9 heteroatoms. The van der Waals surface area contributed by atoms with Gasteiger partial charge in [0, 0.05) is 43.3 Å². The van der Waals surface area contributed by atoms with Crippen LogP contribution in [0.3, 0.4) is 0 Å². The lowest BCUT2D eigenvalue weighted by molar-refractivity contribution is 0.0226. The van der Waals surface area contributed by atoms with Crippen molar-refractivity contribution < 1.29 is 28.2 Å². The van der Waals surface area contributed by atoms with E-state index in [1.807, 2.05) is 20.8 Å². The number of ether oxygens (including phenoxy) is 1. The number of halogens is 2. The predicted octanol–water partition coefficient (Wildman–Crippen LogP) is 3.99. The Hall–Kier alpha value is -2.88. The fourth-order valence-corrected chi connectivity index (χ4v) is 4.30. The lowest BCUT2D eigenvalue weighted by Gasteiger charge is -2.27. The first-order valence-corrected chi connectivity index (χ1v) is 13.3. The minimum absolute atomic E-state index is 0.0603. The molecule has 3 atom stereocenters. The number of nitrogens with two attached hydrogens (primary N) is 1. The monoisotopic (exact) mass is 533 g/mol. The molecule has 210 valence electrons. The fourth-order valence-electron chi connectivity index (χ4n) is 4.30. The van der Waals surface area contributed by atoms with E-state index in [4.69, 9.17) is 10.5 Å². The third-order valence-corrected chi connectivity index (χ3v) is 6.28. The van der Waals surface area contributed by atoms with E-state index < -0.39 is 29.7 Å². The molecule has 0 radical (unpaired) electrons. The Bertz CT molecular complexity index is 1040. The lowest BCUT2D eigenvalue weighted by Crippen LogP contribution is -2.48. The Morgan fingerprint density at radius 1 is 1.00 bits per heavy atom. The topological polar surface area (TPSA) is 105 Å². The maximum Gasteiger partial charge on any atom is 0.338 e. The summed E-state index contributed by atoms with van der Waals surface area (Å²) in [5.74, 6) is -2.25. The smallest absolute Gasteiger partial charge is 0.338 e. The average Bonchev–Trinajstić information content (AvgIpc) is 2.86. The highest BCUT2D eigenvalue weighted by Gasteiger charge is 2.26. The second-order valence-electron chi connectivity index (χ2n) is 9.67. The first-order chi connectivity index (χ1) is 18.1. The summed E-state index contributed by atoms with van der Waals surface area (Å²) in [5.41, 5.74) is 8.06. The highest BCUT2D eigenvalue weighted by atomic mass is 19.1. The molecule has 2 aromatic carbocycles. The van der Waals surface area contributed by atoms with Crippen molar-refractivity contribution in [2.75, 3.05) is 26.2 Å². The van der Waals surface area contributed by atoms with Crippen LogP contribution in [-0.4, -0.2) is 66.3 Å². The Labute approximate surface area is 224 Å². The molecule has 0 spiro atoms. The largest absolute Gasteiger partial charge is 0.456 e. The Kier molecular flexibility index (Phi) is 12.8. The van der Waals surface area contributed by atoms with E-state index in [0.29, 0.717) is 30.6 Å². The molecule has 2 rings (SSSR count). The third kappa shape index (κ3) is 9.45. The molecule has 4 N–H and O–H groups in total. The quantitative estimate of drug-likeness (QED) is 0.299. The Balaban J connectivity index is 2.28. The molecule has 0 bridgehead atoms. The number of rotatable bonds is 15. The highest BCUT2D eigenvalue weighted by Crippen LogP contribution is 2.17. The van der Waals surface area contributed by atoms with Gasteiger partial charge in [-0.15, -0.1) is 0 Å². The van der Waals surface area contributed by atoms with Crippen molar-refractivity contribution in [2.24, 2.45) is 5.73 Å². The fraction of sp³-hybridized carbons (Fsp3) is 0.517. The van der Waals surface area contributed by atoms with Crippen LogP contribution < -0.4 is 11.1 Å². The highest BCUT2D eigenvalue weighted by molar-refractivity contribution is 5.98. The molecule has 0 fully saturated rings. The van der Waals surface area contributed by atoms with Crippen LogP contribution in [0.25, 0.3) is 0 Å². The van der Waals surface area contributed by atoms with Crippen molar-refractivity contribution in [1.82, 2.24) is 10.2 Å². The van der Waals surface area contributed by atoms with Gasteiger partial charge >= 0.3 is 5.97 Å². The van der Waals surface area contributed by atoms with Crippen LogP contribution in [0, 0.1) is 18.6 Å². The summed E-state index contributed by atoms with van der Waals surface area (Å²) in [5, 5.41) is 12.7. The Morgan fingerprint density at radius 3 is 2.16 bits per heavy atom. The lowest BCUT2D eigenvalue weighted by atomic mass is 10.0. The molecule has 0 aliphatic heterocycles. The summed E-state index contributed by atoms with van der Waals surface area (Å²) in [6.45, 7) is 8.96. The molecular weight excluding hydrogens is 492 g/mol. The molecule has 0 saturated carbocycles. The molecule has 7 nitrogen and oxygen atoms in total. The Morgan fingerprint density at radius 2 is 1.61 bits per heavy atom. The van der Waals surface area contributed by atoms with Crippen molar-refractivity contribution >= 4 is 11.9 Å². The maximum atomic E-state index is 13.7. The van der Waals surface area contributed by atoms with Gasteiger partial charge in [-0.2, -0.15) is 0 Å². The number of amides is 1. The molecule has 1 amide bonds. The van der Waals surface area contributed by atoms with E-state index in [0.717, 1.165) is 24.5 Å². The number of aryl methyl sites for hydroxylation is 1. The first kappa shape index (κ1) is 31.3. The van der Waals surface area contributed by atoms with Gasteiger partial charge in [-0.05, 0) is 74.1 Å². The predicted molar refractivity (Wildman–Crippen MR) is 144 cm³/mol.